The average Bonchev–Trinajstić information content (AvgIpc) is 2.35. The molecule has 0 radical (unpaired) electrons. The van der Waals surface area contributed by atoms with Crippen molar-refractivity contribution in [3.05, 3.63) is 0 Å². The van der Waals surface area contributed by atoms with Crippen molar-refractivity contribution < 1.29 is 0 Å². The summed E-state index contributed by atoms with van der Waals surface area (Å²) in [6.45, 7) is 11.8. The molecular weight excluding hydrogens is 228 g/mol. The van der Waals surface area contributed by atoms with E-state index in [-0.39, 0.29) is 0 Å². The van der Waals surface area contributed by atoms with Crippen LogP contribution in [0, 0.1) is 17.8 Å². The first-order valence-electron chi connectivity index (χ1n) is 9.10. The lowest BCUT2D eigenvalue weighted by molar-refractivity contribution is 0.314. The van der Waals surface area contributed by atoms with Crippen LogP contribution >= 0.6 is 0 Å². The summed E-state index contributed by atoms with van der Waals surface area (Å²) in [5, 5.41) is 0. The van der Waals surface area contributed by atoms with Crippen LogP contribution in [-0.2, 0) is 0 Å². The Morgan fingerprint density at radius 1 is 0.632 bits per heavy atom. The van der Waals surface area contributed by atoms with Gasteiger partial charge in [0.1, 0.15) is 0 Å². The molecule has 0 bridgehead atoms. The van der Waals surface area contributed by atoms with Gasteiger partial charge in [0.05, 0.1) is 0 Å². The minimum atomic E-state index is 0.882. The van der Waals surface area contributed by atoms with E-state index in [1.54, 1.807) is 0 Å². The zero-order chi connectivity index (χ0) is 14.5. The lowest BCUT2D eigenvalue weighted by atomic mass is 9.85. The van der Waals surface area contributed by atoms with Crippen LogP contribution in [0.3, 0.4) is 0 Å². The molecule has 0 saturated carbocycles. The molecule has 116 valence electrons. The fourth-order valence-electron chi connectivity index (χ4n) is 3.12. The summed E-state index contributed by atoms with van der Waals surface area (Å²) in [6.07, 6.45) is 15.8. The summed E-state index contributed by atoms with van der Waals surface area (Å²) < 4.78 is 0. The molecule has 19 heavy (non-hydrogen) atoms. The van der Waals surface area contributed by atoms with E-state index < -0.39 is 0 Å². The second-order valence-electron chi connectivity index (χ2n) is 7.17. The predicted molar refractivity (Wildman–Crippen MR) is 89.6 cm³/mol. The summed E-state index contributed by atoms with van der Waals surface area (Å²) in [6, 6.07) is 0. The molecule has 0 nitrogen and oxygen atoms in total. The van der Waals surface area contributed by atoms with Gasteiger partial charge in [-0.15, -0.1) is 0 Å². The highest BCUT2D eigenvalue weighted by atomic mass is 14.2. The third kappa shape index (κ3) is 12.8. The Labute approximate surface area is 123 Å². The van der Waals surface area contributed by atoms with Crippen molar-refractivity contribution in [3.63, 3.8) is 0 Å². The Kier molecular flexibility index (Phi) is 13.0. The highest BCUT2D eigenvalue weighted by molar-refractivity contribution is 4.65. The van der Waals surface area contributed by atoms with Gasteiger partial charge in [0.25, 0.3) is 0 Å². The number of rotatable bonds is 13. The Bertz CT molecular complexity index is 171. The molecule has 2 unspecified atom stereocenters. The highest BCUT2D eigenvalue weighted by Gasteiger charge is 2.13. The largest absolute Gasteiger partial charge is 0.0654 e. The Morgan fingerprint density at radius 3 is 1.84 bits per heavy atom. The third-order valence-corrected chi connectivity index (χ3v) is 4.40. The zero-order valence-corrected chi connectivity index (χ0v) is 14.5. The molecule has 0 aromatic heterocycles. The highest BCUT2D eigenvalue weighted by Crippen LogP contribution is 2.27. The van der Waals surface area contributed by atoms with Crippen molar-refractivity contribution >= 4 is 0 Å². The second kappa shape index (κ2) is 13.0. The maximum atomic E-state index is 2.49. The molecular formula is C19H40. The van der Waals surface area contributed by atoms with Gasteiger partial charge in [-0.1, -0.05) is 98.8 Å². The summed E-state index contributed by atoms with van der Waals surface area (Å²) in [5.41, 5.74) is 0. The molecule has 0 spiro atoms. The summed E-state index contributed by atoms with van der Waals surface area (Å²) in [7, 11) is 0. The SMILES string of the molecule is CCCCCC(CCCC)CC(C)CCCC(C)C. The van der Waals surface area contributed by atoms with Gasteiger partial charge in [-0.3, -0.25) is 0 Å². The molecule has 0 aromatic carbocycles. The molecule has 0 amide bonds. The predicted octanol–water partition coefficient (Wildman–Crippen LogP) is 7.23. The van der Waals surface area contributed by atoms with E-state index in [1.807, 2.05) is 0 Å². The van der Waals surface area contributed by atoms with E-state index in [0.717, 1.165) is 17.8 Å². The molecule has 0 saturated heterocycles. The first-order valence-corrected chi connectivity index (χ1v) is 9.10. The molecule has 0 aliphatic rings. The molecule has 0 rings (SSSR count). The van der Waals surface area contributed by atoms with Crippen LogP contribution in [0.25, 0.3) is 0 Å². The van der Waals surface area contributed by atoms with Gasteiger partial charge in [0.2, 0.25) is 0 Å². The number of unbranched alkanes of at least 4 members (excludes halogenated alkanes) is 3. The molecule has 0 fully saturated rings. The number of hydrogen-bond donors (Lipinski definition) is 0. The zero-order valence-electron chi connectivity index (χ0n) is 14.5. The van der Waals surface area contributed by atoms with Gasteiger partial charge in [-0.05, 0) is 24.2 Å². The maximum absolute atomic E-state index is 2.49. The average molecular weight is 269 g/mol. The van der Waals surface area contributed by atoms with Crippen molar-refractivity contribution in [2.24, 2.45) is 17.8 Å². The molecule has 0 aliphatic heterocycles. The fraction of sp³-hybridized carbons (Fsp3) is 1.00. The lowest BCUT2D eigenvalue weighted by Crippen LogP contribution is -2.07. The van der Waals surface area contributed by atoms with E-state index in [9.17, 15) is 0 Å². The quantitative estimate of drug-likeness (QED) is 0.309. The molecule has 0 N–H and O–H groups in total. The summed E-state index contributed by atoms with van der Waals surface area (Å²) in [4.78, 5) is 0. The minimum Gasteiger partial charge on any atom is -0.0654 e. The topological polar surface area (TPSA) is 0 Å². The van der Waals surface area contributed by atoms with Crippen LogP contribution in [0.15, 0.2) is 0 Å². The van der Waals surface area contributed by atoms with E-state index in [0.29, 0.717) is 0 Å². The van der Waals surface area contributed by atoms with Crippen LogP contribution in [0.2, 0.25) is 0 Å². The monoisotopic (exact) mass is 268 g/mol. The van der Waals surface area contributed by atoms with E-state index in [1.165, 1.54) is 70.6 Å². The smallest absolute Gasteiger partial charge is 0.0412 e. The van der Waals surface area contributed by atoms with Crippen molar-refractivity contribution in [1.82, 2.24) is 0 Å². The minimum absolute atomic E-state index is 0.882. The molecule has 0 heterocycles. The molecule has 2 atom stereocenters. The standard InChI is InChI=1S/C19H40/c1-6-8-10-15-19(14-9-7-2)16-18(5)13-11-12-17(3)4/h17-19H,6-16H2,1-5H3. The van der Waals surface area contributed by atoms with Gasteiger partial charge in [-0.2, -0.15) is 0 Å². The molecule has 0 aromatic rings. The maximum Gasteiger partial charge on any atom is -0.0412 e. The van der Waals surface area contributed by atoms with Crippen molar-refractivity contribution in [3.8, 4) is 0 Å². The van der Waals surface area contributed by atoms with E-state index in [2.05, 4.69) is 34.6 Å². The van der Waals surface area contributed by atoms with Gasteiger partial charge < -0.3 is 0 Å². The first-order chi connectivity index (χ1) is 9.10. The summed E-state index contributed by atoms with van der Waals surface area (Å²) >= 11 is 0. The van der Waals surface area contributed by atoms with Crippen molar-refractivity contribution in [2.75, 3.05) is 0 Å². The van der Waals surface area contributed by atoms with Crippen molar-refractivity contribution in [2.45, 2.75) is 105 Å². The first kappa shape index (κ1) is 19.0. The van der Waals surface area contributed by atoms with E-state index in [4.69, 9.17) is 0 Å². The molecule has 0 heteroatoms. The Hall–Kier alpha value is 0. The van der Waals surface area contributed by atoms with Crippen molar-refractivity contribution in [1.29, 1.82) is 0 Å². The van der Waals surface area contributed by atoms with E-state index >= 15 is 0 Å². The second-order valence-corrected chi connectivity index (χ2v) is 7.17. The number of hydrogen-bond acceptors (Lipinski definition) is 0. The third-order valence-electron chi connectivity index (χ3n) is 4.40. The summed E-state index contributed by atoms with van der Waals surface area (Å²) in [5.74, 6) is 2.84. The fourth-order valence-corrected chi connectivity index (χ4v) is 3.12. The van der Waals surface area contributed by atoms with Gasteiger partial charge in [0.15, 0.2) is 0 Å². The van der Waals surface area contributed by atoms with Crippen LogP contribution in [0.4, 0.5) is 0 Å². The Balaban J connectivity index is 3.85. The lowest BCUT2D eigenvalue weighted by Gasteiger charge is -2.21. The van der Waals surface area contributed by atoms with Gasteiger partial charge in [0, 0.05) is 0 Å². The van der Waals surface area contributed by atoms with Crippen LogP contribution < -0.4 is 0 Å². The van der Waals surface area contributed by atoms with Crippen LogP contribution in [0.1, 0.15) is 105 Å². The van der Waals surface area contributed by atoms with Crippen LogP contribution in [-0.4, -0.2) is 0 Å². The van der Waals surface area contributed by atoms with Gasteiger partial charge >= 0.3 is 0 Å². The Morgan fingerprint density at radius 2 is 1.26 bits per heavy atom. The van der Waals surface area contributed by atoms with Crippen LogP contribution in [0.5, 0.6) is 0 Å². The molecule has 0 aliphatic carbocycles. The van der Waals surface area contributed by atoms with Gasteiger partial charge in [-0.25, -0.2) is 0 Å². The normalized spacial score (nSPS) is 14.8.